The maximum atomic E-state index is 2.33. The van der Waals surface area contributed by atoms with Gasteiger partial charge in [0.05, 0.1) is 0 Å². The van der Waals surface area contributed by atoms with Crippen LogP contribution in [-0.2, 0) is 12.8 Å². The zero-order valence-electron chi connectivity index (χ0n) is 14.1. The van der Waals surface area contributed by atoms with Gasteiger partial charge in [-0.05, 0) is 35.8 Å². The molecule has 20 heavy (non-hydrogen) atoms. The van der Waals surface area contributed by atoms with Gasteiger partial charge in [0, 0.05) is 0 Å². The van der Waals surface area contributed by atoms with E-state index in [1.807, 2.05) is 0 Å². The molecule has 0 spiro atoms. The molecule has 0 heterocycles. The topological polar surface area (TPSA) is 0 Å². The van der Waals surface area contributed by atoms with Gasteiger partial charge in [-0.2, -0.15) is 0 Å². The molecule has 0 N–H and O–H groups in total. The summed E-state index contributed by atoms with van der Waals surface area (Å²) in [6.07, 6.45) is 11.1. The van der Waals surface area contributed by atoms with Gasteiger partial charge in [0.15, 0.2) is 0 Å². The van der Waals surface area contributed by atoms with Crippen LogP contribution in [-0.4, -0.2) is 0 Å². The molecule has 1 aromatic rings. The molecule has 0 unspecified atom stereocenters. The average Bonchev–Trinajstić information content (AvgIpc) is 2.55. The molecular weight excluding hydrogens is 240 g/mol. The number of hydrogen-bond acceptors (Lipinski definition) is 0. The van der Waals surface area contributed by atoms with Gasteiger partial charge in [-0.15, -0.1) is 0 Å². The van der Waals surface area contributed by atoms with Crippen molar-refractivity contribution in [2.24, 2.45) is 11.8 Å². The molecule has 0 aromatic heterocycles. The Balaban J connectivity index is 0.000000200. The summed E-state index contributed by atoms with van der Waals surface area (Å²) in [6, 6.07) is 8.83. The van der Waals surface area contributed by atoms with Crippen molar-refractivity contribution >= 4 is 0 Å². The fraction of sp³-hybridized carbons (Fsp3) is 0.700. The second kappa shape index (κ2) is 10.0. The van der Waals surface area contributed by atoms with E-state index in [1.54, 1.807) is 0 Å². The van der Waals surface area contributed by atoms with Crippen molar-refractivity contribution in [1.29, 1.82) is 0 Å². The molecule has 114 valence electrons. The molecule has 2 rings (SSSR count). The number of benzene rings is 1. The summed E-state index contributed by atoms with van der Waals surface area (Å²) in [5.74, 6) is 2.14. The molecule has 0 nitrogen and oxygen atoms in total. The Kier molecular flexibility index (Phi) is 8.65. The summed E-state index contributed by atoms with van der Waals surface area (Å²) >= 11 is 0. The highest BCUT2D eigenvalue weighted by Gasteiger charge is 2.17. The second-order valence-corrected chi connectivity index (χ2v) is 6.23. The Morgan fingerprint density at radius 1 is 0.650 bits per heavy atom. The van der Waals surface area contributed by atoms with Crippen LogP contribution in [0.4, 0.5) is 0 Å². The highest BCUT2D eigenvalue weighted by Crippen LogP contribution is 2.31. The number of hydrogen-bond donors (Lipinski definition) is 0. The van der Waals surface area contributed by atoms with Crippen LogP contribution in [0.2, 0.25) is 0 Å². The van der Waals surface area contributed by atoms with Crippen LogP contribution in [0.5, 0.6) is 0 Å². The van der Waals surface area contributed by atoms with Crippen molar-refractivity contribution < 1.29 is 0 Å². The molecule has 0 saturated heterocycles. The summed E-state index contributed by atoms with van der Waals surface area (Å²) in [6.45, 7) is 9.02. The van der Waals surface area contributed by atoms with E-state index in [0.29, 0.717) is 0 Å². The van der Waals surface area contributed by atoms with Gasteiger partial charge in [0.2, 0.25) is 0 Å². The van der Waals surface area contributed by atoms with E-state index < -0.39 is 0 Å². The van der Waals surface area contributed by atoms with Crippen molar-refractivity contribution in [3.05, 3.63) is 35.4 Å². The van der Waals surface area contributed by atoms with Crippen LogP contribution < -0.4 is 0 Å². The Hall–Kier alpha value is -0.780. The third kappa shape index (κ3) is 6.11. The van der Waals surface area contributed by atoms with E-state index >= 15 is 0 Å². The van der Waals surface area contributed by atoms with Crippen molar-refractivity contribution in [3.8, 4) is 0 Å². The van der Waals surface area contributed by atoms with Crippen molar-refractivity contribution in [3.63, 3.8) is 0 Å². The van der Waals surface area contributed by atoms with Crippen LogP contribution in [0.3, 0.4) is 0 Å². The molecule has 1 aliphatic carbocycles. The lowest BCUT2D eigenvalue weighted by Crippen LogP contribution is -2.12. The standard InChI is InChI=1S/C10H20.C10H14/c2*1-3-9-5-7-10(4-2)8-6-9/h9-10H,3-8H2,1-2H3;5-8H,3-4H2,1-2H3. The molecule has 0 bridgehead atoms. The normalized spacial score (nSPS) is 22.0. The molecular formula is C20H34. The lowest BCUT2D eigenvalue weighted by Gasteiger charge is -2.26. The van der Waals surface area contributed by atoms with Gasteiger partial charge >= 0.3 is 0 Å². The van der Waals surface area contributed by atoms with Crippen LogP contribution >= 0.6 is 0 Å². The number of rotatable bonds is 4. The number of aryl methyl sites for hydroxylation is 2. The summed E-state index contributed by atoms with van der Waals surface area (Å²) < 4.78 is 0. The lowest BCUT2D eigenvalue weighted by atomic mass is 9.80. The fourth-order valence-electron chi connectivity index (χ4n) is 3.06. The summed E-state index contributed by atoms with van der Waals surface area (Å²) in [4.78, 5) is 0. The zero-order chi connectivity index (χ0) is 14.8. The van der Waals surface area contributed by atoms with E-state index in [1.165, 1.54) is 49.7 Å². The molecule has 1 saturated carbocycles. The van der Waals surface area contributed by atoms with E-state index in [0.717, 1.165) is 24.7 Å². The van der Waals surface area contributed by atoms with Gasteiger partial charge in [-0.1, -0.05) is 90.5 Å². The van der Waals surface area contributed by atoms with Gasteiger partial charge < -0.3 is 0 Å². The highest BCUT2D eigenvalue weighted by molar-refractivity contribution is 5.22. The molecule has 0 heteroatoms. The molecule has 0 aliphatic heterocycles. The maximum absolute atomic E-state index is 2.33. The van der Waals surface area contributed by atoms with Crippen LogP contribution in [0.15, 0.2) is 24.3 Å². The predicted molar refractivity (Wildman–Crippen MR) is 91.2 cm³/mol. The molecule has 0 radical (unpaired) electrons. The van der Waals surface area contributed by atoms with Crippen LogP contribution in [0.1, 0.15) is 77.3 Å². The summed E-state index contributed by atoms with van der Waals surface area (Å²) in [5, 5.41) is 0. The van der Waals surface area contributed by atoms with E-state index in [9.17, 15) is 0 Å². The van der Waals surface area contributed by atoms with E-state index in [2.05, 4.69) is 52.0 Å². The van der Waals surface area contributed by atoms with Crippen molar-refractivity contribution in [1.82, 2.24) is 0 Å². The molecule has 0 atom stereocenters. The lowest BCUT2D eigenvalue weighted by molar-refractivity contribution is 0.264. The summed E-state index contributed by atoms with van der Waals surface area (Å²) in [7, 11) is 0. The first-order chi connectivity index (χ1) is 9.73. The Labute approximate surface area is 127 Å². The van der Waals surface area contributed by atoms with Gasteiger partial charge in [0.1, 0.15) is 0 Å². The molecule has 1 aromatic carbocycles. The minimum Gasteiger partial charge on any atom is -0.0651 e. The highest BCUT2D eigenvalue weighted by atomic mass is 14.2. The monoisotopic (exact) mass is 274 g/mol. The molecule has 0 amide bonds. The first-order valence-corrected chi connectivity index (χ1v) is 8.81. The zero-order valence-corrected chi connectivity index (χ0v) is 14.1. The van der Waals surface area contributed by atoms with Crippen LogP contribution in [0.25, 0.3) is 0 Å². The minimum absolute atomic E-state index is 1.07. The summed E-state index contributed by atoms with van der Waals surface area (Å²) in [5.41, 5.74) is 2.86. The fourth-order valence-corrected chi connectivity index (χ4v) is 3.06. The molecule has 1 fully saturated rings. The van der Waals surface area contributed by atoms with Gasteiger partial charge in [-0.3, -0.25) is 0 Å². The van der Waals surface area contributed by atoms with Crippen molar-refractivity contribution in [2.45, 2.75) is 79.1 Å². The third-order valence-corrected chi connectivity index (χ3v) is 4.96. The van der Waals surface area contributed by atoms with Gasteiger partial charge in [-0.25, -0.2) is 0 Å². The SMILES string of the molecule is CCC1CCC(CC)CC1.CCc1ccc(CC)cc1. The van der Waals surface area contributed by atoms with Gasteiger partial charge in [0.25, 0.3) is 0 Å². The maximum Gasteiger partial charge on any atom is -0.0307 e. The predicted octanol–water partition coefficient (Wildman–Crippen LogP) is 6.42. The molecule has 1 aliphatic rings. The Morgan fingerprint density at radius 2 is 0.950 bits per heavy atom. The Bertz CT molecular complexity index is 293. The minimum atomic E-state index is 1.07. The third-order valence-electron chi connectivity index (χ3n) is 4.96. The van der Waals surface area contributed by atoms with Crippen LogP contribution in [0, 0.1) is 11.8 Å². The quantitative estimate of drug-likeness (QED) is 0.594. The first-order valence-electron chi connectivity index (χ1n) is 8.81. The smallest absolute Gasteiger partial charge is 0.0307 e. The largest absolute Gasteiger partial charge is 0.0651 e. The van der Waals surface area contributed by atoms with E-state index in [-0.39, 0.29) is 0 Å². The van der Waals surface area contributed by atoms with Crippen molar-refractivity contribution in [2.75, 3.05) is 0 Å². The van der Waals surface area contributed by atoms with E-state index in [4.69, 9.17) is 0 Å². The Morgan fingerprint density at radius 3 is 1.15 bits per heavy atom. The average molecular weight is 274 g/mol. The second-order valence-electron chi connectivity index (χ2n) is 6.23. The first kappa shape index (κ1) is 17.3.